The summed E-state index contributed by atoms with van der Waals surface area (Å²) in [7, 11) is -2.04. The van der Waals surface area contributed by atoms with E-state index in [1.807, 2.05) is 0 Å². The van der Waals surface area contributed by atoms with Crippen molar-refractivity contribution in [2.45, 2.75) is 6.42 Å². The van der Waals surface area contributed by atoms with E-state index < -0.39 is 10.0 Å². The van der Waals surface area contributed by atoms with Gasteiger partial charge in [0.1, 0.15) is 5.75 Å². The van der Waals surface area contributed by atoms with E-state index in [9.17, 15) is 13.2 Å². The lowest BCUT2D eigenvalue weighted by molar-refractivity contribution is -0.116. The second-order valence-electron chi connectivity index (χ2n) is 5.31. The van der Waals surface area contributed by atoms with Gasteiger partial charge in [0.15, 0.2) is 0 Å². The molecule has 0 aliphatic heterocycles. The minimum Gasteiger partial charge on any atom is -0.495 e. The van der Waals surface area contributed by atoms with Crippen molar-refractivity contribution in [1.82, 2.24) is 0 Å². The molecule has 8 heteroatoms. The van der Waals surface area contributed by atoms with E-state index in [-0.39, 0.29) is 18.9 Å². The van der Waals surface area contributed by atoms with Crippen LogP contribution in [0.2, 0.25) is 5.02 Å². The third-order valence-corrected chi connectivity index (χ3v) is 4.85. The van der Waals surface area contributed by atoms with Crippen LogP contribution in [-0.2, 0) is 14.8 Å². The summed E-state index contributed by atoms with van der Waals surface area (Å²) in [4.78, 5) is 12.2. The lowest BCUT2D eigenvalue weighted by Gasteiger charge is -2.22. The van der Waals surface area contributed by atoms with Crippen molar-refractivity contribution in [3.63, 3.8) is 0 Å². The number of methoxy groups -OCH3 is 1. The number of halogens is 1. The number of ether oxygens (including phenoxy) is 1. The Kier molecular flexibility index (Phi) is 6.27. The van der Waals surface area contributed by atoms with Gasteiger partial charge in [-0.2, -0.15) is 0 Å². The largest absolute Gasteiger partial charge is 0.495 e. The molecule has 2 aromatic carbocycles. The topological polar surface area (TPSA) is 75.7 Å². The number of sulfonamides is 1. The Morgan fingerprint density at radius 3 is 2.56 bits per heavy atom. The van der Waals surface area contributed by atoms with Gasteiger partial charge in [-0.15, -0.1) is 0 Å². The van der Waals surface area contributed by atoms with Crippen molar-refractivity contribution in [2.75, 3.05) is 29.5 Å². The van der Waals surface area contributed by atoms with E-state index in [1.54, 1.807) is 48.5 Å². The zero-order valence-electron chi connectivity index (χ0n) is 13.9. The number of nitrogens with one attached hydrogen (secondary N) is 1. The summed E-state index contributed by atoms with van der Waals surface area (Å²) >= 11 is 5.93. The minimum absolute atomic E-state index is 0.000157. The van der Waals surface area contributed by atoms with Crippen LogP contribution in [0.5, 0.6) is 5.75 Å². The molecule has 0 aliphatic rings. The quantitative estimate of drug-likeness (QED) is 0.798. The van der Waals surface area contributed by atoms with E-state index >= 15 is 0 Å². The average Bonchev–Trinajstić information content (AvgIpc) is 2.54. The molecule has 6 nitrogen and oxygen atoms in total. The summed E-state index contributed by atoms with van der Waals surface area (Å²) in [5.41, 5.74) is 0.948. The van der Waals surface area contributed by atoms with E-state index in [1.165, 1.54) is 7.11 Å². The molecule has 0 aliphatic carbocycles. The highest BCUT2D eigenvalue weighted by Crippen LogP contribution is 2.24. The van der Waals surface area contributed by atoms with Crippen molar-refractivity contribution in [3.8, 4) is 5.75 Å². The Balaban J connectivity index is 2.09. The fraction of sp³-hybridized carbons (Fsp3) is 0.235. The van der Waals surface area contributed by atoms with Crippen molar-refractivity contribution < 1.29 is 17.9 Å². The molecule has 0 aromatic heterocycles. The Morgan fingerprint density at radius 1 is 1.20 bits per heavy atom. The molecule has 0 atom stereocenters. The van der Waals surface area contributed by atoms with Gasteiger partial charge in [0.05, 0.1) is 24.7 Å². The highest BCUT2D eigenvalue weighted by Gasteiger charge is 2.19. The van der Waals surface area contributed by atoms with Crippen molar-refractivity contribution in [3.05, 3.63) is 53.6 Å². The van der Waals surface area contributed by atoms with Crippen LogP contribution in [0.3, 0.4) is 0 Å². The molecular formula is C17H19ClN2O4S. The number of anilines is 2. The smallest absolute Gasteiger partial charge is 0.232 e. The fourth-order valence-corrected chi connectivity index (χ4v) is 3.39. The average molecular weight is 383 g/mol. The lowest BCUT2D eigenvalue weighted by atomic mass is 10.2. The number of carbonyl (C=O) groups excluding carboxylic acids is 1. The van der Waals surface area contributed by atoms with Crippen LogP contribution in [0.1, 0.15) is 6.42 Å². The zero-order chi connectivity index (χ0) is 18.4. The molecule has 0 heterocycles. The molecule has 0 radical (unpaired) electrons. The standard InChI is InChI=1S/C17H19ClN2O4S/c1-24-16-9-4-3-8-15(16)19-17(21)10-11-20(25(2,22)23)14-7-5-6-13(18)12-14/h3-9,12H,10-11H2,1-2H3,(H,19,21). The summed E-state index contributed by atoms with van der Waals surface area (Å²) in [6.45, 7) is 0.000157. The van der Waals surface area contributed by atoms with Gasteiger partial charge in [-0.3, -0.25) is 9.10 Å². The molecule has 0 fully saturated rings. The number of para-hydroxylation sites is 2. The molecule has 0 saturated carbocycles. The Bertz CT molecular complexity index is 855. The number of amides is 1. The van der Waals surface area contributed by atoms with Crippen molar-refractivity contribution >= 4 is 38.9 Å². The van der Waals surface area contributed by atoms with Crippen LogP contribution in [0, 0.1) is 0 Å². The maximum absolute atomic E-state index is 12.2. The summed E-state index contributed by atoms with van der Waals surface area (Å²) < 4.78 is 30.4. The highest BCUT2D eigenvalue weighted by atomic mass is 35.5. The minimum atomic E-state index is -3.55. The Morgan fingerprint density at radius 2 is 1.92 bits per heavy atom. The van der Waals surface area contributed by atoms with E-state index in [2.05, 4.69) is 5.32 Å². The second kappa shape index (κ2) is 8.22. The fourth-order valence-electron chi connectivity index (χ4n) is 2.28. The SMILES string of the molecule is COc1ccccc1NC(=O)CCN(c1cccc(Cl)c1)S(C)(=O)=O. The van der Waals surface area contributed by atoms with Gasteiger partial charge >= 0.3 is 0 Å². The molecule has 1 amide bonds. The normalized spacial score (nSPS) is 11.0. The van der Waals surface area contributed by atoms with Gasteiger partial charge in [0.2, 0.25) is 15.9 Å². The first-order valence-corrected chi connectivity index (χ1v) is 9.70. The number of rotatable bonds is 7. The van der Waals surface area contributed by atoms with Crippen LogP contribution in [0.15, 0.2) is 48.5 Å². The molecule has 0 unspecified atom stereocenters. The number of hydrogen-bond donors (Lipinski definition) is 1. The lowest BCUT2D eigenvalue weighted by Crippen LogP contribution is -2.33. The van der Waals surface area contributed by atoms with Gasteiger partial charge in [-0.25, -0.2) is 8.42 Å². The van der Waals surface area contributed by atoms with Crippen LogP contribution in [0.4, 0.5) is 11.4 Å². The predicted molar refractivity (Wildman–Crippen MR) is 99.9 cm³/mol. The first kappa shape index (κ1) is 19.1. The summed E-state index contributed by atoms with van der Waals surface area (Å²) in [5, 5.41) is 3.14. The Hall–Kier alpha value is -2.25. The molecule has 134 valence electrons. The van der Waals surface area contributed by atoms with Crippen LogP contribution < -0.4 is 14.4 Å². The predicted octanol–water partition coefficient (Wildman–Crippen LogP) is 3.14. The monoisotopic (exact) mass is 382 g/mol. The molecule has 0 spiro atoms. The van der Waals surface area contributed by atoms with Gasteiger partial charge in [-0.1, -0.05) is 29.8 Å². The third kappa shape index (κ3) is 5.37. The molecule has 0 bridgehead atoms. The molecule has 1 N–H and O–H groups in total. The van der Waals surface area contributed by atoms with Crippen LogP contribution in [-0.4, -0.2) is 34.2 Å². The van der Waals surface area contributed by atoms with Gasteiger partial charge in [0, 0.05) is 18.0 Å². The second-order valence-corrected chi connectivity index (χ2v) is 7.66. The maximum Gasteiger partial charge on any atom is 0.232 e. The van der Waals surface area contributed by atoms with E-state index in [4.69, 9.17) is 16.3 Å². The zero-order valence-corrected chi connectivity index (χ0v) is 15.5. The molecule has 2 aromatic rings. The van der Waals surface area contributed by atoms with Gasteiger partial charge in [0.25, 0.3) is 0 Å². The van der Waals surface area contributed by atoms with Crippen LogP contribution in [0.25, 0.3) is 0 Å². The number of nitrogens with zero attached hydrogens (tertiary/aromatic N) is 1. The first-order chi connectivity index (χ1) is 11.8. The van der Waals surface area contributed by atoms with E-state index in [0.29, 0.717) is 22.1 Å². The third-order valence-electron chi connectivity index (χ3n) is 3.42. The number of hydrogen-bond acceptors (Lipinski definition) is 4. The van der Waals surface area contributed by atoms with Gasteiger partial charge in [-0.05, 0) is 30.3 Å². The maximum atomic E-state index is 12.2. The summed E-state index contributed by atoms with van der Waals surface area (Å²) in [6.07, 6.45) is 1.07. The van der Waals surface area contributed by atoms with Crippen molar-refractivity contribution in [1.29, 1.82) is 0 Å². The molecule has 25 heavy (non-hydrogen) atoms. The Labute approximate surface area is 152 Å². The molecule has 2 rings (SSSR count). The van der Waals surface area contributed by atoms with Crippen LogP contribution >= 0.6 is 11.6 Å². The molecular weight excluding hydrogens is 364 g/mol. The summed E-state index contributed by atoms with van der Waals surface area (Å²) in [6, 6.07) is 13.5. The molecule has 0 saturated heterocycles. The number of carbonyl (C=O) groups is 1. The van der Waals surface area contributed by atoms with E-state index in [0.717, 1.165) is 10.6 Å². The first-order valence-electron chi connectivity index (χ1n) is 7.47. The van der Waals surface area contributed by atoms with Gasteiger partial charge < -0.3 is 10.1 Å². The highest BCUT2D eigenvalue weighted by molar-refractivity contribution is 7.92. The summed E-state index contributed by atoms with van der Waals surface area (Å²) in [5.74, 6) is 0.214. The number of benzene rings is 2. The van der Waals surface area contributed by atoms with Crippen molar-refractivity contribution in [2.24, 2.45) is 0 Å².